The van der Waals surface area contributed by atoms with Gasteiger partial charge in [-0.15, -0.1) is 0 Å². The number of carbonyl (C=O) groups excluding carboxylic acids is 2. The Kier molecular flexibility index (Phi) is 2.19. The first-order valence-corrected chi connectivity index (χ1v) is 8.81. The van der Waals surface area contributed by atoms with Crippen LogP contribution in [0.15, 0.2) is 12.2 Å². The molecular weight excluding hydrogens is 276 g/mol. The Morgan fingerprint density at radius 2 is 2.00 bits per heavy atom. The molecule has 1 spiro atoms. The second-order valence-corrected chi connectivity index (χ2v) is 8.98. The van der Waals surface area contributed by atoms with Gasteiger partial charge in [0.05, 0.1) is 6.10 Å². The summed E-state index contributed by atoms with van der Waals surface area (Å²) in [6.45, 7) is 4.32. The van der Waals surface area contributed by atoms with E-state index in [9.17, 15) is 14.7 Å². The van der Waals surface area contributed by atoms with Crippen molar-refractivity contribution >= 4 is 11.6 Å². The van der Waals surface area contributed by atoms with Crippen LogP contribution in [0.25, 0.3) is 0 Å². The average Bonchev–Trinajstić information content (AvgIpc) is 2.66. The molecule has 0 aromatic heterocycles. The van der Waals surface area contributed by atoms with E-state index in [0.717, 1.165) is 19.3 Å². The number of hydrogen-bond acceptors (Lipinski definition) is 3. The molecular formula is C19H24O3. The number of Topliss-reactive ketones (excluding diaryl/α,β-unsaturated/α-hetero) is 1. The van der Waals surface area contributed by atoms with Crippen LogP contribution in [0.1, 0.15) is 46.0 Å². The number of carbonyl (C=O) groups is 2. The monoisotopic (exact) mass is 300 g/mol. The van der Waals surface area contributed by atoms with E-state index < -0.39 is 6.10 Å². The average molecular weight is 300 g/mol. The van der Waals surface area contributed by atoms with Gasteiger partial charge in [0.1, 0.15) is 5.78 Å². The largest absolute Gasteiger partial charge is 0.393 e. The quantitative estimate of drug-likeness (QED) is 0.748. The number of allylic oxidation sites excluding steroid dienone is 2. The molecule has 0 aromatic rings. The molecule has 4 fully saturated rings. The van der Waals surface area contributed by atoms with E-state index >= 15 is 0 Å². The van der Waals surface area contributed by atoms with Gasteiger partial charge in [0, 0.05) is 23.2 Å². The Balaban J connectivity index is 1.59. The molecule has 3 heteroatoms. The molecule has 3 nitrogen and oxygen atoms in total. The van der Waals surface area contributed by atoms with Crippen LogP contribution in [0.3, 0.4) is 0 Å². The molecule has 0 heterocycles. The topological polar surface area (TPSA) is 54.4 Å². The number of aliphatic hydroxyl groups is 1. The van der Waals surface area contributed by atoms with Crippen LogP contribution in [0.4, 0.5) is 0 Å². The smallest absolute Gasteiger partial charge is 0.159 e. The van der Waals surface area contributed by atoms with Crippen molar-refractivity contribution in [3.63, 3.8) is 0 Å². The standard InChI is InChI=1S/C19H24O3/c1-17-9-13(21)15-10(11(17)3-4-14(17)22)5-7-19-8-6-12(20)16(19)18(15,19)2/h6,8,10-11,13,15-16,21H,3-5,7,9H2,1-2H3/t10-,11-,13?,15+,16?,17-,18-,19?/m0/s1. The molecule has 1 N–H and O–H groups in total. The lowest BCUT2D eigenvalue weighted by molar-refractivity contribution is -0.145. The van der Waals surface area contributed by atoms with Gasteiger partial charge in [0.15, 0.2) is 5.78 Å². The molecule has 0 amide bonds. The SMILES string of the molecule is C[C@]12CC(O)[C@H]3[C@@H](CCC45C=CC(=O)C4[C@]35C)[C@@H]1CCC2=O. The van der Waals surface area contributed by atoms with Crippen LogP contribution in [0.5, 0.6) is 0 Å². The lowest BCUT2D eigenvalue weighted by Gasteiger charge is -2.53. The fourth-order valence-electron chi connectivity index (χ4n) is 7.68. The number of aliphatic hydroxyl groups excluding tert-OH is 1. The van der Waals surface area contributed by atoms with Gasteiger partial charge in [0.25, 0.3) is 0 Å². The third-order valence-corrected chi connectivity index (χ3v) is 8.61. The van der Waals surface area contributed by atoms with Crippen molar-refractivity contribution in [1.29, 1.82) is 0 Å². The number of hydrogen-bond donors (Lipinski definition) is 1. The summed E-state index contributed by atoms with van der Waals surface area (Å²) in [7, 11) is 0. The van der Waals surface area contributed by atoms with Crippen molar-refractivity contribution in [2.45, 2.75) is 52.1 Å². The van der Waals surface area contributed by atoms with Crippen molar-refractivity contribution in [1.82, 2.24) is 0 Å². The Morgan fingerprint density at radius 3 is 2.77 bits per heavy atom. The minimum Gasteiger partial charge on any atom is -0.393 e. The van der Waals surface area contributed by atoms with Crippen molar-refractivity contribution < 1.29 is 14.7 Å². The lowest BCUT2D eigenvalue weighted by Crippen LogP contribution is -2.53. The zero-order valence-corrected chi connectivity index (χ0v) is 13.3. The molecule has 5 aliphatic rings. The molecule has 8 atom stereocenters. The summed E-state index contributed by atoms with van der Waals surface area (Å²) >= 11 is 0. The van der Waals surface area contributed by atoms with Crippen LogP contribution in [0.2, 0.25) is 0 Å². The number of ketones is 2. The molecule has 5 rings (SSSR count). The van der Waals surface area contributed by atoms with Crippen molar-refractivity contribution in [2.24, 2.45) is 39.9 Å². The highest BCUT2D eigenvalue weighted by molar-refractivity contribution is 6.00. The first-order valence-electron chi connectivity index (χ1n) is 8.81. The fourth-order valence-corrected chi connectivity index (χ4v) is 7.68. The van der Waals surface area contributed by atoms with E-state index in [0.29, 0.717) is 30.5 Å². The predicted molar refractivity (Wildman–Crippen MR) is 80.9 cm³/mol. The molecule has 0 aromatic carbocycles. The van der Waals surface area contributed by atoms with Crippen molar-refractivity contribution in [2.75, 3.05) is 0 Å². The van der Waals surface area contributed by atoms with Crippen LogP contribution in [0, 0.1) is 39.9 Å². The van der Waals surface area contributed by atoms with Crippen LogP contribution in [-0.2, 0) is 9.59 Å². The van der Waals surface area contributed by atoms with E-state index in [4.69, 9.17) is 0 Å². The summed E-state index contributed by atoms with van der Waals surface area (Å²) in [5, 5.41) is 10.9. The van der Waals surface area contributed by atoms with Crippen molar-refractivity contribution in [3.8, 4) is 0 Å². The summed E-state index contributed by atoms with van der Waals surface area (Å²) in [5.74, 6) is 1.76. The second-order valence-electron chi connectivity index (χ2n) is 8.98. The maximum Gasteiger partial charge on any atom is 0.159 e. The third-order valence-electron chi connectivity index (χ3n) is 8.61. The molecule has 0 aliphatic heterocycles. The lowest BCUT2D eigenvalue weighted by atomic mass is 9.51. The molecule has 0 radical (unpaired) electrons. The van der Waals surface area contributed by atoms with E-state index in [-0.39, 0.29) is 33.9 Å². The van der Waals surface area contributed by atoms with Crippen LogP contribution in [-0.4, -0.2) is 22.8 Å². The number of fused-ring (bicyclic) bond motifs is 5. The maximum atomic E-state index is 12.4. The summed E-state index contributed by atoms with van der Waals surface area (Å²) in [6.07, 6.45) is 7.89. The summed E-state index contributed by atoms with van der Waals surface area (Å²) in [4.78, 5) is 24.7. The molecule has 22 heavy (non-hydrogen) atoms. The summed E-state index contributed by atoms with van der Waals surface area (Å²) in [5.41, 5.74) is -0.345. The molecule has 5 aliphatic carbocycles. The van der Waals surface area contributed by atoms with Crippen molar-refractivity contribution in [3.05, 3.63) is 12.2 Å². The molecule has 4 saturated carbocycles. The normalized spacial score (nSPS) is 61.5. The van der Waals surface area contributed by atoms with Crippen LogP contribution >= 0.6 is 0 Å². The molecule has 118 valence electrons. The van der Waals surface area contributed by atoms with Gasteiger partial charge in [0.2, 0.25) is 0 Å². The van der Waals surface area contributed by atoms with Gasteiger partial charge >= 0.3 is 0 Å². The Labute approximate surface area is 131 Å². The zero-order chi connectivity index (χ0) is 15.5. The predicted octanol–water partition coefficient (Wildman–Crippen LogP) is 2.52. The minimum atomic E-state index is -0.428. The highest BCUT2D eigenvalue weighted by Crippen LogP contribution is 2.83. The van der Waals surface area contributed by atoms with E-state index in [2.05, 4.69) is 19.9 Å². The molecule has 3 unspecified atom stereocenters. The van der Waals surface area contributed by atoms with Gasteiger partial charge in [-0.05, 0) is 54.9 Å². The van der Waals surface area contributed by atoms with Gasteiger partial charge in [-0.1, -0.05) is 19.9 Å². The second kappa shape index (κ2) is 3.58. The zero-order valence-electron chi connectivity index (χ0n) is 13.3. The highest BCUT2D eigenvalue weighted by Gasteiger charge is 2.83. The van der Waals surface area contributed by atoms with Gasteiger partial charge in [-0.2, -0.15) is 0 Å². The molecule has 0 bridgehead atoms. The minimum absolute atomic E-state index is 0.0303. The van der Waals surface area contributed by atoms with Gasteiger partial charge < -0.3 is 5.11 Å². The Hall–Kier alpha value is -0.960. The van der Waals surface area contributed by atoms with Gasteiger partial charge in [-0.25, -0.2) is 0 Å². The number of rotatable bonds is 0. The van der Waals surface area contributed by atoms with Crippen LogP contribution < -0.4 is 0 Å². The Bertz CT molecular complexity index is 637. The maximum absolute atomic E-state index is 12.4. The third kappa shape index (κ3) is 1.13. The summed E-state index contributed by atoms with van der Waals surface area (Å²) in [6, 6.07) is 0. The highest BCUT2D eigenvalue weighted by atomic mass is 16.3. The van der Waals surface area contributed by atoms with E-state index in [1.54, 1.807) is 6.08 Å². The van der Waals surface area contributed by atoms with E-state index in [1.165, 1.54) is 0 Å². The fraction of sp³-hybridized carbons (Fsp3) is 0.789. The van der Waals surface area contributed by atoms with Gasteiger partial charge in [-0.3, -0.25) is 9.59 Å². The first kappa shape index (κ1) is 13.5. The molecule has 0 saturated heterocycles. The Morgan fingerprint density at radius 1 is 1.23 bits per heavy atom. The van der Waals surface area contributed by atoms with E-state index in [1.807, 2.05) is 0 Å². The first-order chi connectivity index (χ1) is 10.4. The summed E-state index contributed by atoms with van der Waals surface area (Å²) < 4.78 is 0.